The van der Waals surface area contributed by atoms with Crippen molar-refractivity contribution in [1.29, 1.82) is 0 Å². The number of rotatable bonds is 7. The van der Waals surface area contributed by atoms with Gasteiger partial charge in [0.2, 0.25) is 0 Å². The van der Waals surface area contributed by atoms with Crippen molar-refractivity contribution in [3.05, 3.63) is 29.6 Å². The zero-order chi connectivity index (χ0) is 15.2. The number of anilines is 1. The first-order valence-corrected chi connectivity index (χ1v) is 6.72. The predicted octanol–water partition coefficient (Wildman–Crippen LogP) is 2.07. The molecule has 1 aromatic carbocycles. The number of carbonyl (C=O) groups excluding carboxylic acids is 1. The van der Waals surface area contributed by atoms with E-state index in [-0.39, 0.29) is 17.8 Å². The molecule has 0 aliphatic heterocycles. The minimum absolute atomic E-state index is 0.273. The largest absolute Gasteiger partial charge is 0.478 e. The molecule has 21 heavy (non-hydrogen) atoms. The first-order chi connectivity index (χ1) is 10.1. The van der Waals surface area contributed by atoms with Gasteiger partial charge in [-0.05, 0) is 30.9 Å². The summed E-state index contributed by atoms with van der Waals surface area (Å²) >= 11 is 0. The van der Waals surface area contributed by atoms with Crippen LogP contribution in [-0.4, -0.2) is 36.9 Å². The number of nitrogens with one attached hydrogen (secondary N) is 2. The predicted molar refractivity (Wildman–Crippen MR) is 73.9 cm³/mol. The van der Waals surface area contributed by atoms with Crippen LogP contribution < -0.4 is 10.6 Å². The van der Waals surface area contributed by atoms with Crippen molar-refractivity contribution in [3.63, 3.8) is 0 Å². The lowest BCUT2D eigenvalue weighted by atomic mass is 10.1. The summed E-state index contributed by atoms with van der Waals surface area (Å²) in [7, 11) is 0. The molecule has 0 radical (unpaired) electrons. The number of hydrogen-bond donors (Lipinski definition) is 3. The molecule has 0 heterocycles. The molecule has 1 saturated carbocycles. The molecule has 2 amide bonds. The second-order valence-corrected chi connectivity index (χ2v) is 4.87. The van der Waals surface area contributed by atoms with Gasteiger partial charge < -0.3 is 20.5 Å². The number of carboxylic acids is 1. The van der Waals surface area contributed by atoms with E-state index in [1.807, 2.05) is 0 Å². The molecule has 0 unspecified atom stereocenters. The molecule has 1 fully saturated rings. The van der Waals surface area contributed by atoms with Crippen LogP contribution in [-0.2, 0) is 4.74 Å². The molecule has 0 aromatic heterocycles. The van der Waals surface area contributed by atoms with Gasteiger partial charge in [0.05, 0.1) is 17.9 Å². The van der Waals surface area contributed by atoms with Gasteiger partial charge in [-0.2, -0.15) is 0 Å². The molecule has 3 N–H and O–H groups in total. The molecule has 2 rings (SSSR count). The maximum atomic E-state index is 13.6. The maximum absolute atomic E-state index is 13.6. The number of benzene rings is 1. The SMILES string of the molecule is O=C(NCCOCC1CC1)Nc1c(F)cccc1C(=O)O. The van der Waals surface area contributed by atoms with Crippen molar-refractivity contribution < 1.29 is 23.8 Å². The van der Waals surface area contributed by atoms with Crippen molar-refractivity contribution >= 4 is 17.7 Å². The summed E-state index contributed by atoms with van der Waals surface area (Å²) in [4.78, 5) is 22.6. The number of carboxylic acid groups (broad SMARTS) is 1. The first-order valence-electron chi connectivity index (χ1n) is 6.72. The highest BCUT2D eigenvalue weighted by atomic mass is 19.1. The Morgan fingerprint density at radius 1 is 1.38 bits per heavy atom. The van der Waals surface area contributed by atoms with Crippen LogP contribution in [0.5, 0.6) is 0 Å². The number of halogens is 1. The summed E-state index contributed by atoms with van der Waals surface area (Å²) in [5.74, 6) is -1.46. The van der Waals surface area contributed by atoms with E-state index in [0.29, 0.717) is 19.1 Å². The van der Waals surface area contributed by atoms with Crippen LogP contribution in [0.4, 0.5) is 14.9 Å². The zero-order valence-electron chi connectivity index (χ0n) is 11.4. The second kappa shape index (κ2) is 7.03. The fourth-order valence-corrected chi connectivity index (χ4v) is 1.76. The van der Waals surface area contributed by atoms with Gasteiger partial charge in [-0.15, -0.1) is 0 Å². The number of aromatic carboxylic acids is 1. The third kappa shape index (κ3) is 4.71. The fraction of sp³-hybridized carbons (Fsp3) is 0.429. The lowest BCUT2D eigenvalue weighted by Gasteiger charge is -2.11. The van der Waals surface area contributed by atoms with Crippen LogP contribution in [0.15, 0.2) is 18.2 Å². The van der Waals surface area contributed by atoms with E-state index in [1.54, 1.807) is 0 Å². The highest BCUT2D eigenvalue weighted by molar-refractivity contribution is 6.00. The number of para-hydroxylation sites is 1. The summed E-state index contributed by atoms with van der Waals surface area (Å²) in [5.41, 5.74) is -0.642. The fourth-order valence-electron chi connectivity index (χ4n) is 1.76. The van der Waals surface area contributed by atoms with E-state index >= 15 is 0 Å². The number of ether oxygens (including phenoxy) is 1. The van der Waals surface area contributed by atoms with Crippen LogP contribution in [0.2, 0.25) is 0 Å². The van der Waals surface area contributed by atoms with E-state index in [1.165, 1.54) is 25.0 Å². The van der Waals surface area contributed by atoms with Crippen LogP contribution in [0, 0.1) is 11.7 Å². The molecule has 0 bridgehead atoms. The van der Waals surface area contributed by atoms with Gasteiger partial charge in [0, 0.05) is 13.2 Å². The van der Waals surface area contributed by atoms with Gasteiger partial charge >= 0.3 is 12.0 Å². The van der Waals surface area contributed by atoms with E-state index in [2.05, 4.69) is 10.6 Å². The van der Waals surface area contributed by atoms with Gasteiger partial charge in [-0.25, -0.2) is 14.0 Å². The highest BCUT2D eigenvalue weighted by Crippen LogP contribution is 2.28. The van der Waals surface area contributed by atoms with Crippen LogP contribution in [0.3, 0.4) is 0 Å². The van der Waals surface area contributed by atoms with E-state index < -0.39 is 17.8 Å². The van der Waals surface area contributed by atoms with E-state index in [0.717, 1.165) is 6.07 Å². The van der Waals surface area contributed by atoms with Gasteiger partial charge in [0.25, 0.3) is 0 Å². The van der Waals surface area contributed by atoms with Crippen molar-refractivity contribution in [2.75, 3.05) is 25.1 Å². The number of urea groups is 1. The summed E-state index contributed by atoms with van der Waals surface area (Å²) in [6.45, 7) is 1.34. The highest BCUT2D eigenvalue weighted by Gasteiger charge is 2.21. The van der Waals surface area contributed by atoms with Crippen molar-refractivity contribution in [3.8, 4) is 0 Å². The third-order valence-corrected chi connectivity index (χ3v) is 3.06. The molecule has 1 aliphatic rings. The lowest BCUT2D eigenvalue weighted by molar-refractivity contribution is 0.0697. The molecule has 0 saturated heterocycles. The van der Waals surface area contributed by atoms with Gasteiger partial charge in [0.1, 0.15) is 5.82 Å². The number of amides is 2. The Morgan fingerprint density at radius 2 is 2.14 bits per heavy atom. The Morgan fingerprint density at radius 3 is 2.81 bits per heavy atom. The number of carbonyl (C=O) groups is 2. The van der Waals surface area contributed by atoms with Crippen molar-refractivity contribution in [1.82, 2.24) is 5.32 Å². The molecule has 6 nitrogen and oxygen atoms in total. The monoisotopic (exact) mass is 296 g/mol. The standard InChI is InChI=1S/C14H17FN2O4/c15-11-3-1-2-10(13(18)19)12(11)17-14(20)16-6-7-21-8-9-4-5-9/h1-3,9H,4-8H2,(H,18,19)(H2,16,17,20). The molecule has 0 spiro atoms. The Hall–Kier alpha value is -2.15. The zero-order valence-corrected chi connectivity index (χ0v) is 11.4. The lowest BCUT2D eigenvalue weighted by Crippen LogP contribution is -2.32. The Bertz CT molecular complexity index is 532. The van der Waals surface area contributed by atoms with E-state index in [9.17, 15) is 14.0 Å². The molecule has 0 atom stereocenters. The normalized spacial score (nSPS) is 13.8. The van der Waals surface area contributed by atoms with Crippen LogP contribution >= 0.6 is 0 Å². The minimum atomic E-state index is -1.31. The minimum Gasteiger partial charge on any atom is -0.478 e. The van der Waals surface area contributed by atoms with E-state index in [4.69, 9.17) is 9.84 Å². The number of hydrogen-bond acceptors (Lipinski definition) is 3. The second-order valence-electron chi connectivity index (χ2n) is 4.87. The Kier molecular flexibility index (Phi) is 5.10. The Labute approximate surface area is 121 Å². The molecule has 7 heteroatoms. The summed E-state index contributed by atoms with van der Waals surface area (Å²) in [6, 6.07) is 2.91. The van der Waals surface area contributed by atoms with Gasteiger partial charge in [-0.1, -0.05) is 6.07 Å². The van der Waals surface area contributed by atoms with Gasteiger partial charge in [0.15, 0.2) is 0 Å². The van der Waals surface area contributed by atoms with Crippen molar-refractivity contribution in [2.24, 2.45) is 5.92 Å². The third-order valence-electron chi connectivity index (χ3n) is 3.06. The first kappa shape index (κ1) is 15.2. The molecular formula is C14H17FN2O4. The summed E-state index contributed by atoms with van der Waals surface area (Å²) < 4.78 is 18.9. The van der Waals surface area contributed by atoms with Crippen LogP contribution in [0.25, 0.3) is 0 Å². The molecule has 114 valence electrons. The van der Waals surface area contributed by atoms with Crippen LogP contribution in [0.1, 0.15) is 23.2 Å². The van der Waals surface area contributed by atoms with Gasteiger partial charge in [-0.3, -0.25) is 0 Å². The summed E-state index contributed by atoms with van der Waals surface area (Å²) in [5, 5.41) is 13.6. The maximum Gasteiger partial charge on any atom is 0.337 e. The topological polar surface area (TPSA) is 87.7 Å². The molecule has 1 aliphatic carbocycles. The quantitative estimate of drug-likeness (QED) is 0.672. The average Bonchev–Trinajstić information content (AvgIpc) is 3.24. The molecular weight excluding hydrogens is 279 g/mol. The summed E-state index contributed by atoms with van der Waals surface area (Å²) in [6.07, 6.45) is 2.39. The molecule has 1 aromatic rings. The Balaban J connectivity index is 1.80. The smallest absolute Gasteiger partial charge is 0.337 e. The van der Waals surface area contributed by atoms with Crippen molar-refractivity contribution in [2.45, 2.75) is 12.8 Å². The average molecular weight is 296 g/mol.